The maximum absolute atomic E-state index is 12.1. The van der Waals surface area contributed by atoms with Gasteiger partial charge in [-0.1, -0.05) is 41.0 Å². The van der Waals surface area contributed by atoms with Gasteiger partial charge in [0, 0.05) is 32.1 Å². The fraction of sp³-hybridized carbons (Fsp3) is 0.947. The van der Waals surface area contributed by atoms with Crippen molar-refractivity contribution in [3.8, 4) is 0 Å². The van der Waals surface area contributed by atoms with Crippen LogP contribution in [0.5, 0.6) is 0 Å². The molecular weight excluding hydrogens is 272 g/mol. The maximum Gasteiger partial charge on any atom is 0.225 e. The topological polar surface area (TPSA) is 23.6 Å². The largest absolute Gasteiger partial charge is 0.342 e. The highest BCUT2D eigenvalue weighted by molar-refractivity contribution is 5.78. The average molecular weight is 309 g/mol. The van der Waals surface area contributed by atoms with Crippen LogP contribution in [0.15, 0.2) is 0 Å². The predicted molar refractivity (Wildman–Crippen MR) is 92.8 cm³/mol. The van der Waals surface area contributed by atoms with Gasteiger partial charge in [-0.25, -0.2) is 0 Å². The van der Waals surface area contributed by atoms with Gasteiger partial charge in [0.25, 0.3) is 0 Å². The van der Waals surface area contributed by atoms with Crippen molar-refractivity contribution < 1.29 is 4.79 Å². The summed E-state index contributed by atoms with van der Waals surface area (Å²) in [6.07, 6.45) is 6.36. The van der Waals surface area contributed by atoms with Gasteiger partial charge >= 0.3 is 0 Å². The number of likely N-dealkylation sites (tertiary alicyclic amines) is 2. The molecule has 128 valence electrons. The van der Waals surface area contributed by atoms with E-state index in [9.17, 15) is 4.79 Å². The van der Waals surface area contributed by atoms with Crippen molar-refractivity contribution in [3.05, 3.63) is 0 Å². The van der Waals surface area contributed by atoms with Crippen LogP contribution < -0.4 is 0 Å². The second-order valence-corrected chi connectivity index (χ2v) is 8.81. The summed E-state index contributed by atoms with van der Waals surface area (Å²) < 4.78 is 0. The zero-order valence-electron chi connectivity index (χ0n) is 15.5. The number of carbonyl (C=O) groups excluding carboxylic acids is 1. The van der Waals surface area contributed by atoms with Crippen LogP contribution in [-0.4, -0.2) is 48.4 Å². The monoisotopic (exact) mass is 308 g/mol. The molecule has 0 saturated carbocycles. The maximum atomic E-state index is 12.1. The van der Waals surface area contributed by atoms with Gasteiger partial charge in [-0.3, -0.25) is 4.79 Å². The lowest BCUT2D eigenvalue weighted by Gasteiger charge is -2.54. The minimum Gasteiger partial charge on any atom is -0.342 e. The van der Waals surface area contributed by atoms with E-state index in [1.165, 1.54) is 51.7 Å². The molecule has 2 aliphatic heterocycles. The van der Waals surface area contributed by atoms with Crippen molar-refractivity contribution >= 4 is 5.91 Å². The van der Waals surface area contributed by atoms with Crippen LogP contribution in [0.4, 0.5) is 0 Å². The number of piperidine rings is 1. The SMILES string of the molecule is CCC(C)(C)CCCN1CC2(CCN(C(=O)C(C)C)CC2)C1. The Labute approximate surface area is 137 Å². The second-order valence-electron chi connectivity index (χ2n) is 8.81. The van der Waals surface area contributed by atoms with Gasteiger partial charge in [-0.15, -0.1) is 0 Å². The van der Waals surface area contributed by atoms with E-state index in [1.54, 1.807) is 0 Å². The molecule has 2 saturated heterocycles. The van der Waals surface area contributed by atoms with E-state index < -0.39 is 0 Å². The van der Waals surface area contributed by atoms with Crippen molar-refractivity contribution in [1.82, 2.24) is 9.80 Å². The van der Waals surface area contributed by atoms with Gasteiger partial charge in [-0.05, 0) is 43.1 Å². The minimum atomic E-state index is 0.147. The molecule has 0 atom stereocenters. The van der Waals surface area contributed by atoms with Crippen LogP contribution in [0.2, 0.25) is 0 Å². The highest BCUT2D eigenvalue weighted by atomic mass is 16.2. The molecule has 2 rings (SSSR count). The van der Waals surface area contributed by atoms with Crippen LogP contribution in [0, 0.1) is 16.7 Å². The molecule has 1 spiro atoms. The summed E-state index contributed by atoms with van der Waals surface area (Å²) in [4.78, 5) is 16.8. The fourth-order valence-electron chi connectivity index (χ4n) is 3.90. The third kappa shape index (κ3) is 4.24. The van der Waals surface area contributed by atoms with Crippen LogP contribution in [0.1, 0.15) is 66.7 Å². The van der Waals surface area contributed by atoms with Gasteiger partial charge in [-0.2, -0.15) is 0 Å². The molecule has 0 N–H and O–H groups in total. The van der Waals surface area contributed by atoms with Gasteiger partial charge in [0.15, 0.2) is 0 Å². The summed E-state index contributed by atoms with van der Waals surface area (Å²) in [6.45, 7) is 16.8. The number of hydrogen-bond donors (Lipinski definition) is 0. The Balaban J connectivity index is 1.66. The predicted octanol–water partition coefficient (Wildman–Crippen LogP) is 3.78. The van der Waals surface area contributed by atoms with Gasteiger partial charge in [0.2, 0.25) is 5.91 Å². The third-order valence-electron chi connectivity index (χ3n) is 6.03. The normalized spacial score (nSPS) is 22.2. The molecule has 0 aromatic rings. The van der Waals surface area contributed by atoms with E-state index in [4.69, 9.17) is 0 Å². The summed E-state index contributed by atoms with van der Waals surface area (Å²) in [5.74, 6) is 0.488. The lowest BCUT2D eigenvalue weighted by Crippen LogP contribution is -2.61. The van der Waals surface area contributed by atoms with Crippen LogP contribution >= 0.6 is 0 Å². The molecule has 0 aliphatic carbocycles. The molecule has 2 heterocycles. The Morgan fingerprint density at radius 3 is 2.27 bits per heavy atom. The molecule has 0 unspecified atom stereocenters. The summed E-state index contributed by atoms with van der Waals surface area (Å²) in [6, 6.07) is 0. The molecule has 2 fully saturated rings. The first kappa shape index (κ1) is 17.8. The standard InChI is InChI=1S/C19H36N2O/c1-6-18(4,5)8-7-11-20-14-19(15-20)9-12-21(13-10-19)17(22)16(2)3/h16H,6-15H2,1-5H3. The molecule has 0 aromatic heterocycles. The smallest absolute Gasteiger partial charge is 0.225 e. The van der Waals surface area contributed by atoms with Crippen molar-refractivity contribution in [2.45, 2.75) is 66.7 Å². The molecular formula is C19H36N2O. The van der Waals surface area contributed by atoms with Gasteiger partial charge in [0.1, 0.15) is 0 Å². The van der Waals surface area contributed by atoms with Gasteiger partial charge in [0.05, 0.1) is 0 Å². The Morgan fingerprint density at radius 1 is 1.18 bits per heavy atom. The first-order chi connectivity index (χ1) is 10.3. The lowest BCUT2D eigenvalue weighted by molar-refractivity contribution is -0.139. The van der Waals surface area contributed by atoms with E-state index in [2.05, 4.69) is 30.6 Å². The Hall–Kier alpha value is -0.570. The van der Waals surface area contributed by atoms with Crippen LogP contribution in [0.25, 0.3) is 0 Å². The van der Waals surface area contributed by atoms with E-state index in [0.717, 1.165) is 13.1 Å². The number of carbonyl (C=O) groups is 1. The van der Waals surface area contributed by atoms with Crippen molar-refractivity contribution in [2.75, 3.05) is 32.7 Å². The van der Waals surface area contributed by atoms with Crippen molar-refractivity contribution in [2.24, 2.45) is 16.7 Å². The summed E-state index contributed by atoms with van der Waals surface area (Å²) in [5.41, 5.74) is 1.04. The summed E-state index contributed by atoms with van der Waals surface area (Å²) >= 11 is 0. The number of nitrogens with zero attached hydrogens (tertiary/aromatic N) is 2. The number of rotatable bonds is 6. The van der Waals surface area contributed by atoms with E-state index in [1.807, 2.05) is 13.8 Å². The molecule has 0 radical (unpaired) electrons. The van der Waals surface area contributed by atoms with E-state index >= 15 is 0 Å². The summed E-state index contributed by atoms with van der Waals surface area (Å²) in [7, 11) is 0. The molecule has 22 heavy (non-hydrogen) atoms. The highest BCUT2D eigenvalue weighted by Crippen LogP contribution is 2.41. The van der Waals surface area contributed by atoms with E-state index in [-0.39, 0.29) is 5.92 Å². The van der Waals surface area contributed by atoms with Gasteiger partial charge < -0.3 is 9.80 Å². The molecule has 2 aliphatic rings. The quantitative estimate of drug-likeness (QED) is 0.745. The molecule has 0 aromatic carbocycles. The fourth-order valence-corrected chi connectivity index (χ4v) is 3.90. The lowest BCUT2D eigenvalue weighted by atomic mass is 9.71. The summed E-state index contributed by atoms with van der Waals surface area (Å²) in [5, 5.41) is 0. The molecule has 3 nitrogen and oxygen atoms in total. The molecule has 1 amide bonds. The first-order valence-electron chi connectivity index (χ1n) is 9.28. The number of amides is 1. The Morgan fingerprint density at radius 2 is 1.77 bits per heavy atom. The van der Waals surface area contributed by atoms with Crippen molar-refractivity contribution in [3.63, 3.8) is 0 Å². The first-order valence-corrected chi connectivity index (χ1v) is 9.28. The molecule has 0 bridgehead atoms. The minimum absolute atomic E-state index is 0.147. The third-order valence-corrected chi connectivity index (χ3v) is 6.03. The highest BCUT2D eigenvalue weighted by Gasteiger charge is 2.45. The average Bonchev–Trinajstić information content (AvgIpc) is 2.45. The van der Waals surface area contributed by atoms with Crippen LogP contribution in [-0.2, 0) is 4.79 Å². The zero-order valence-corrected chi connectivity index (χ0v) is 15.5. The molecule has 3 heteroatoms. The van der Waals surface area contributed by atoms with Crippen molar-refractivity contribution in [1.29, 1.82) is 0 Å². The number of hydrogen-bond acceptors (Lipinski definition) is 2. The second kappa shape index (κ2) is 6.90. The zero-order chi connectivity index (χ0) is 16.4. The van der Waals surface area contributed by atoms with Crippen LogP contribution in [0.3, 0.4) is 0 Å². The van der Waals surface area contributed by atoms with E-state index in [0.29, 0.717) is 16.7 Å². The Bertz CT molecular complexity index is 373. The Kier molecular flexibility index (Phi) is 5.58.